The van der Waals surface area contributed by atoms with E-state index in [0.717, 1.165) is 19.3 Å². The van der Waals surface area contributed by atoms with Crippen LogP contribution in [0.4, 0.5) is 4.79 Å². The van der Waals surface area contributed by atoms with Crippen LogP contribution in [-0.2, 0) is 4.79 Å². The molecule has 1 heterocycles. The van der Waals surface area contributed by atoms with E-state index in [1.54, 1.807) is 18.7 Å². The highest BCUT2D eigenvalue weighted by molar-refractivity contribution is 5.78. The zero-order valence-corrected chi connectivity index (χ0v) is 11.7. The molecule has 0 spiro atoms. The van der Waals surface area contributed by atoms with E-state index in [-0.39, 0.29) is 25.2 Å². The smallest absolute Gasteiger partial charge is 0.317 e. The monoisotopic (exact) mass is 272 g/mol. The lowest BCUT2D eigenvalue weighted by Crippen LogP contribution is -2.52. The van der Waals surface area contributed by atoms with Crippen molar-refractivity contribution in [3.63, 3.8) is 0 Å². The fourth-order valence-corrected chi connectivity index (χ4v) is 2.18. The quantitative estimate of drug-likeness (QED) is 0.697. The second kappa shape index (κ2) is 6.75. The molecule has 1 aliphatic rings. The average Bonchev–Trinajstić information content (AvgIpc) is 2.43. The summed E-state index contributed by atoms with van der Waals surface area (Å²) in [6.07, 6.45) is 3.19. The van der Waals surface area contributed by atoms with Gasteiger partial charge in [0.2, 0.25) is 0 Å². The van der Waals surface area contributed by atoms with Crippen molar-refractivity contribution in [1.82, 2.24) is 10.2 Å². The highest BCUT2D eigenvalue weighted by Crippen LogP contribution is 2.21. The van der Waals surface area contributed by atoms with E-state index >= 15 is 0 Å². The van der Waals surface area contributed by atoms with Crippen LogP contribution in [0.15, 0.2) is 0 Å². The van der Waals surface area contributed by atoms with Crippen LogP contribution < -0.4 is 5.32 Å². The first-order valence-corrected chi connectivity index (χ1v) is 6.83. The van der Waals surface area contributed by atoms with Crippen molar-refractivity contribution in [2.45, 2.75) is 45.6 Å². The van der Waals surface area contributed by atoms with Crippen LogP contribution in [0, 0.1) is 5.41 Å². The Balaban J connectivity index is 2.56. The highest BCUT2D eigenvalue weighted by Gasteiger charge is 2.33. The van der Waals surface area contributed by atoms with Crippen molar-refractivity contribution in [2.24, 2.45) is 5.41 Å². The summed E-state index contributed by atoms with van der Waals surface area (Å²) in [7, 11) is 0. The number of carbonyl (C=O) groups excluding carboxylic acids is 1. The summed E-state index contributed by atoms with van der Waals surface area (Å²) >= 11 is 0. The van der Waals surface area contributed by atoms with Crippen molar-refractivity contribution in [1.29, 1.82) is 0 Å². The van der Waals surface area contributed by atoms with Crippen LogP contribution >= 0.6 is 0 Å². The number of aliphatic hydroxyl groups is 1. The third kappa shape index (κ3) is 3.83. The lowest BCUT2D eigenvalue weighted by molar-refractivity contribution is -0.147. The van der Waals surface area contributed by atoms with E-state index in [9.17, 15) is 14.7 Å². The number of hydrogen-bond donors (Lipinski definition) is 3. The molecule has 1 aliphatic heterocycles. The molecule has 0 saturated carbocycles. The van der Waals surface area contributed by atoms with Gasteiger partial charge >= 0.3 is 12.0 Å². The van der Waals surface area contributed by atoms with E-state index < -0.39 is 11.4 Å². The number of likely N-dealkylation sites (tertiary alicyclic amines) is 1. The molecule has 0 aromatic rings. The van der Waals surface area contributed by atoms with Gasteiger partial charge in [0.1, 0.15) is 0 Å². The number of piperidine rings is 1. The summed E-state index contributed by atoms with van der Waals surface area (Å²) in [6, 6.07) is -0.425. The van der Waals surface area contributed by atoms with E-state index in [0.29, 0.717) is 13.0 Å². The number of carboxylic acids is 1. The Bertz CT molecular complexity index is 335. The number of carboxylic acid groups (broad SMARTS) is 1. The van der Waals surface area contributed by atoms with Gasteiger partial charge in [-0.3, -0.25) is 4.79 Å². The number of nitrogens with zero attached hydrogens (tertiary/aromatic N) is 1. The van der Waals surface area contributed by atoms with Gasteiger partial charge in [-0.15, -0.1) is 0 Å². The van der Waals surface area contributed by atoms with E-state index in [2.05, 4.69) is 5.32 Å². The summed E-state index contributed by atoms with van der Waals surface area (Å²) < 4.78 is 0. The SMILES string of the molecule is CCC(C)(CNC(=O)N1CCCCC1CO)C(=O)O. The van der Waals surface area contributed by atoms with E-state index in [1.807, 2.05) is 0 Å². The molecule has 0 aromatic heterocycles. The number of hydrogen-bond acceptors (Lipinski definition) is 3. The first-order valence-electron chi connectivity index (χ1n) is 6.83. The topological polar surface area (TPSA) is 89.9 Å². The Hall–Kier alpha value is -1.30. The van der Waals surface area contributed by atoms with Crippen molar-refractivity contribution in [3.8, 4) is 0 Å². The van der Waals surface area contributed by atoms with Gasteiger partial charge in [-0.1, -0.05) is 6.92 Å². The molecule has 0 aromatic carbocycles. The standard InChI is InChI=1S/C13H24N2O4/c1-3-13(2,11(17)18)9-14-12(19)15-7-5-4-6-10(15)8-16/h10,16H,3-9H2,1-2H3,(H,14,19)(H,17,18). The summed E-state index contributed by atoms with van der Waals surface area (Å²) in [5.41, 5.74) is -0.944. The molecule has 3 N–H and O–H groups in total. The predicted octanol–water partition coefficient (Wildman–Crippen LogP) is 1.04. The Morgan fingerprint density at radius 3 is 2.63 bits per heavy atom. The van der Waals surface area contributed by atoms with Gasteiger partial charge < -0.3 is 20.4 Å². The number of aliphatic carboxylic acids is 1. The van der Waals surface area contributed by atoms with Gasteiger partial charge in [0.25, 0.3) is 0 Å². The summed E-state index contributed by atoms with van der Waals surface area (Å²) in [6.45, 7) is 4.09. The molecule has 1 saturated heterocycles. The average molecular weight is 272 g/mol. The molecule has 0 aliphatic carbocycles. The summed E-state index contributed by atoms with van der Waals surface area (Å²) in [4.78, 5) is 24.8. The number of carbonyl (C=O) groups is 2. The van der Waals surface area contributed by atoms with Crippen LogP contribution in [0.1, 0.15) is 39.5 Å². The minimum absolute atomic E-state index is 0.0442. The Labute approximate surface area is 113 Å². The van der Waals surface area contributed by atoms with Crippen molar-refractivity contribution < 1.29 is 19.8 Å². The maximum absolute atomic E-state index is 12.1. The van der Waals surface area contributed by atoms with Gasteiger partial charge in [-0.25, -0.2) is 4.79 Å². The van der Waals surface area contributed by atoms with Gasteiger partial charge in [0.05, 0.1) is 18.1 Å². The molecule has 2 atom stereocenters. The lowest BCUT2D eigenvalue weighted by atomic mass is 9.88. The first kappa shape index (κ1) is 15.8. The minimum Gasteiger partial charge on any atom is -0.481 e. The number of aliphatic hydroxyl groups excluding tert-OH is 1. The second-order valence-corrected chi connectivity index (χ2v) is 5.40. The van der Waals surface area contributed by atoms with Gasteiger partial charge in [-0.05, 0) is 32.6 Å². The third-order valence-corrected chi connectivity index (χ3v) is 4.03. The molecule has 6 heteroatoms. The van der Waals surface area contributed by atoms with Crippen LogP contribution in [0.2, 0.25) is 0 Å². The largest absolute Gasteiger partial charge is 0.481 e. The third-order valence-electron chi connectivity index (χ3n) is 4.03. The Morgan fingerprint density at radius 2 is 2.11 bits per heavy atom. The van der Waals surface area contributed by atoms with E-state index in [1.165, 1.54) is 0 Å². The zero-order chi connectivity index (χ0) is 14.5. The van der Waals surface area contributed by atoms with Crippen molar-refractivity contribution in [3.05, 3.63) is 0 Å². The molecule has 0 radical (unpaired) electrons. The van der Waals surface area contributed by atoms with Crippen LogP contribution in [-0.4, -0.2) is 52.9 Å². The van der Waals surface area contributed by atoms with Crippen LogP contribution in [0.3, 0.4) is 0 Å². The number of rotatable bonds is 5. The highest BCUT2D eigenvalue weighted by atomic mass is 16.4. The maximum Gasteiger partial charge on any atom is 0.317 e. The molecule has 0 bridgehead atoms. The minimum atomic E-state index is -0.944. The molecule has 1 fully saturated rings. The summed E-state index contributed by atoms with van der Waals surface area (Å²) in [5.74, 6) is -0.910. The molecule has 110 valence electrons. The van der Waals surface area contributed by atoms with Gasteiger partial charge in [-0.2, -0.15) is 0 Å². The predicted molar refractivity (Wildman–Crippen MR) is 70.9 cm³/mol. The van der Waals surface area contributed by atoms with Crippen molar-refractivity contribution in [2.75, 3.05) is 19.7 Å². The molecule has 2 unspecified atom stereocenters. The second-order valence-electron chi connectivity index (χ2n) is 5.40. The Kier molecular flexibility index (Phi) is 5.60. The fraction of sp³-hybridized carbons (Fsp3) is 0.846. The van der Waals surface area contributed by atoms with Gasteiger partial charge in [0.15, 0.2) is 0 Å². The fourth-order valence-electron chi connectivity index (χ4n) is 2.18. The van der Waals surface area contributed by atoms with Crippen LogP contribution in [0.25, 0.3) is 0 Å². The van der Waals surface area contributed by atoms with Gasteiger partial charge in [0, 0.05) is 13.1 Å². The lowest BCUT2D eigenvalue weighted by Gasteiger charge is -2.35. The van der Waals surface area contributed by atoms with E-state index in [4.69, 9.17) is 5.11 Å². The summed E-state index contributed by atoms with van der Waals surface area (Å²) in [5, 5.41) is 21.1. The molecular formula is C13H24N2O4. The molecule has 1 rings (SSSR count). The number of nitrogens with one attached hydrogen (secondary N) is 1. The van der Waals surface area contributed by atoms with Crippen LogP contribution in [0.5, 0.6) is 0 Å². The molecular weight excluding hydrogens is 248 g/mol. The number of urea groups is 1. The first-order chi connectivity index (χ1) is 8.94. The number of amides is 2. The molecule has 2 amide bonds. The van der Waals surface area contributed by atoms with Crippen molar-refractivity contribution >= 4 is 12.0 Å². The zero-order valence-electron chi connectivity index (χ0n) is 11.7. The Morgan fingerprint density at radius 1 is 1.42 bits per heavy atom. The molecule has 19 heavy (non-hydrogen) atoms. The normalized spacial score (nSPS) is 22.7. The molecule has 6 nitrogen and oxygen atoms in total. The maximum atomic E-state index is 12.1.